The Bertz CT molecular complexity index is 139. The Kier molecular flexibility index (Phi) is 5.14. The zero-order valence-corrected chi connectivity index (χ0v) is 8.76. The highest BCUT2D eigenvalue weighted by atomic mass is 16.5. The smallest absolute Gasteiger partial charge is 0.158 e. The number of hydrogen-bond acceptors (Lipinski definition) is 2. The van der Waals surface area contributed by atoms with Crippen molar-refractivity contribution in [2.45, 2.75) is 40.7 Å². The molecule has 0 saturated carbocycles. The molecule has 0 heterocycles. The van der Waals surface area contributed by atoms with Gasteiger partial charge in [0, 0.05) is 6.61 Å². The summed E-state index contributed by atoms with van der Waals surface area (Å²) in [7, 11) is 0. The molecule has 0 aliphatic carbocycles. The summed E-state index contributed by atoms with van der Waals surface area (Å²) in [6.07, 6.45) is -0.215. The van der Waals surface area contributed by atoms with Crippen LogP contribution in [0.3, 0.4) is 0 Å². The van der Waals surface area contributed by atoms with Crippen LogP contribution in [0.15, 0.2) is 0 Å². The first kappa shape index (κ1) is 11.6. The third-order valence-electron chi connectivity index (χ3n) is 1.62. The van der Waals surface area contributed by atoms with Gasteiger partial charge >= 0.3 is 0 Å². The van der Waals surface area contributed by atoms with E-state index in [1.807, 2.05) is 13.8 Å². The lowest BCUT2D eigenvalue weighted by Gasteiger charge is -2.19. The Morgan fingerprint density at radius 3 is 2.00 bits per heavy atom. The van der Waals surface area contributed by atoms with E-state index in [1.54, 1.807) is 6.92 Å². The molecule has 0 spiro atoms. The van der Waals surface area contributed by atoms with Crippen LogP contribution in [0.2, 0.25) is 0 Å². The maximum atomic E-state index is 11.1. The lowest BCUT2D eigenvalue weighted by Crippen LogP contribution is -2.29. The maximum absolute atomic E-state index is 11.1. The van der Waals surface area contributed by atoms with Crippen LogP contribution in [0.25, 0.3) is 0 Å². The molecule has 1 atom stereocenters. The van der Waals surface area contributed by atoms with E-state index < -0.39 is 0 Å². The van der Waals surface area contributed by atoms with E-state index in [4.69, 9.17) is 4.74 Å². The van der Waals surface area contributed by atoms with Crippen molar-refractivity contribution >= 4 is 5.78 Å². The standard InChI is InChI=1S/C10H20O2/c1-7(2)6-12-10(8(3)4)9(5)11/h7-8,10H,6H2,1-5H3. The molecule has 0 N–H and O–H groups in total. The molecule has 0 bridgehead atoms. The molecule has 1 unspecified atom stereocenters. The molecular weight excluding hydrogens is 152 g/mol. The highest BCUT2D eigenvalue weighted by molar-refractivity contribution is 5.80. The van der Waals surface area contributed by atoms with Gasteiger partial charge in [0.1, 0.15) is 6.10 Å². The summed E-state index contributed by atoms with van der Waals surface area (Å²) >= 11 is 0. The van der Waals surface area contributed by atoms with Crippen LogP contribution in [-0.4, -0.2) is 18.5 Å². The van der Waals surface area contributed by atoms with Crippen molar-refractivity contribution in [2.75, 3.05) is 6.61 Å². The van der Waals surface area contributed by atoms with Crippen LogP contribution in [-0.2, 0) is 9.53 Å². The van der Waals surface area contributed by atoms with E-state index in [9.17, 15) is 4.79 Å². The summed E-state index contributed by atoms with van der Waals surface area (Å²) in [6.45, 7) is 10.4. The van der Waals surface area contributed by atoms with Gasteiger partial charge in [0.2, 0.25) is 0 Å². The molecule has 0 amide bonds. The molecule has 0 aliphatic heterocycles. The van der Waals surface area contributed by atoms with E-state index in [0.29, 0.717) is 12.5 Å². The average molecular weight is 172 g/mol. The van der Waals surface area contributed by atoms with Crippen LogP contribution >= 0.6 is 0 Å². The molecule has 72 valence electrons. The molecule has 0 aromatic carbocycles. The number of rotatable bonds is 5. The number of ether oxygens (including phenoxy) is 1. The molecule has 0 fully saturated rings. The fourth-order valence-corrected chi connectivity index (χ4v) is 1.08. The molecule has 0 aliphatic rings. The fraction of sp³-hybridized carbons (Fsp3) is 0.900. The van der Waals surface area contributed by atoms with Gasteiger partial charge in [-0.1, -0.05) is 27.7 Å². The van der Waals surface area contributed by atoms with Crippen molar-refractivity contribution in [3.63, 3.8) is 0 Å². The molecule has 2 nitrogen and oxygen atoms in total. The van der Waals surface area contributed by atoms with Crippen molar-refractivity contribution in [1.82, 2.24) is 0 Å². The fourth-order valence-electron chi connectivity index (χ4n) is 1.08. The first-order chi connectivity index (χ1) is 5.45. The number of Topliss-reactive ketones (excluding diaryl/α,β-unsaturated/α-hetero) is 1. The summed E-state index contributed by atoms with van der Waals surface area (Å²) in [5.74, 6) is 0.900. The first-order valence-electron chi connectivity index (χ1n) is 4.57. The van der Waals surface area contributed by atoms with Crippen molar-refractivity contribution < 1.29 is 9.53 Å². The predicted molar refractivity (Wildman–Crippen MR) is 50.1 cm³/mol. The van der Waals surface area contributed by atoms with Gasteiger partial charge in [-0.05, 0) is 18.8 Å². The topological polar surface area (TPSA) is 26.3 Å². The number of carbonyl (C=O) groups is 1. The van der Waals surface area contributed by atoms with Gasteiger partial charge in [0.05, 0.1) is 0 Å². The molecule has 0 radical (unpaired) electrons. The Morgan fingerprint density at radius 1 is 1.25 bits per heavy atom. The van der Waals surface area contributed by atoms with Gasteiger partial charge in [-0.3, -0.25) is 4.79 Å². The Hall–Kier alpha value is -0.370. The SMILES string of the molecule is CC(=O)C(OCC(C)C)C(C)C. The third kappa shape index (κ3) is 4.50. The van der Waals surface area contributed by atoms with E-state index in [-0.39, 0.29) is 17.8 Å². The maximum Gasteiger partial charge on any atom is 0.158 e. The Balaban J connectivity index is 3.88. The van der Waals surface area contributed by atoms with Crippen molar-refractivity contribution in [1.29, 1.82) is 0 Å². The first-order valence-corrected chi connectivity index (χ1v) is 4.57. The van der Waals surface area contributed by atoms with Crippen LogP contribution in [0.4, 0.5) is 0 Å². The second-order valence-corrected chi connectivity index (χ2v) is 4.00. The van der Waals surface area contributed by atoms with Crippen molar-refractivity contribution in [3.8, 4) is 0 Å². The molecule has 0 saturated heterocycles. The zero-order chi connectivity index (χ0) is 9.72. The summed E-state index contributed by atoms with van der Waals surface area (Å²) < 4.78 is 5.48. The monoisotopic (exact) mass is 172 g/mol. The number of hydrogen-bond donors (Lipinski definition) is 0. The molecule has 0 rings (SSSR count). The van der Waals surface area contributed by atoms with Gasteiger partial charge in [0.15, 0.2) is 5.78 Å². The summed E-state index contributed by atoms with van der Waals surface area (Å²) in [5.41, 5.74) is 0. The minimum absolute atomic E-state index is 0.130. The third-order valence-corrected chi connectivity index (χ3v) is 1.62. The van der Waals surface area contributed by atoms with Crippen LogP contribution in [0.5, 0.6) is 0 Å². The molecule has 12 heavy (non-hydrogen) atoms. The predicted octanol–water partition coefficient (Wildman–Crippen LogP) is 2.27. The molecule has 0 aromatic rings. The van der Waals surface area contributed by atoms with E-state index in [2.05, 4.69) is 13.8 Å². The quantitative estimate of drug-likeness (QED) is 0.636. The zero-order valence-electron chi connectivity index (χ0n) is 8.76. The second kappa shape index (κ2) is 5.31. The lowest BCUT2D eigenvalue weighted by molar-refractivity contribution is -0.131. The second-order valence-electron chi connectivity index (χ2n) is 4.00. The summed E-state index contributed by atoms with van der Waals surface area (Å²) in [4.78, 5) is 11.1. The summed E-state index contributed by atoms with van der Waals surface area (Å²) in [5, 5.41) is 0. The van der Waals surface area contributed by atoms with Crippen molar-refractivity contribution in [3.05, 3.63) is 0 Å². The van der Waals surface area contributed by atoms with Gasteiger partial charge in [0.25, 0.3) is 0 Å². The van der Waals surface area contributed by atoms with Gasteiger partial charge in [-0.25, -0.2) is 0 Å². The molecule has 0 aromatic heterocycles. The van der Waals surface area contributed by atoms with Gasteiger partial charge in [-0.2, -0.15) is 0 Å². The van der Waals surface area contributed by atoms with E-state index in [1.165, 1.54) is 0 Å². The normalized spacial score (nSPS) is 13.9. The van der Waals surface area contributed by atoms with Crippen molar-refractivity contribution in [2.24, 2.45) is 11.8 Å². The molecular formula is C10H20O2. The largest absolute Gasteiger partial charge is 0.370 e. The number of carbonyl (C=O) groups excluding carboxylic acids is 1. The van der Waals surface area contributed by atoms with E-state index in [0.717, 1.165) is 0 Å². The Labute approximate surface area is 75.3 Å². The van der Waals surface area contributed by atoms with Crippen LogP contribution < -0.4 is 0 Å². The average Bonchev–Trinajstić information content (AvgIpc) is 1.84. The minimum atomic E-state index is -0.215. The lowest BCUT2D eigenvalue weighted by atomic mass is 10.0. The van der Waals surface area contributed by atoms with Gasteiger partial charge < -0.3 is 4.74 Å². The summed E-state index contributed by atoms with van der Waals surface area (Å²) in [6, 6.07) is 0. The van der Waals surface area contributed by atoms with Crippen LogP contribution in [0, 0.1) is 11.8 Å². The van der Waals surface area contributed by atoms with Gasteiger partial charge in [-0.15, -0.1) is 0 Å². The van der Waals surface area contributed by atoms with Crippen LogP contribution in [0.1, 0.15) is 34.6 Å². The minimum Gasteiger partial charge on any atom is -0.370 e. The number of ketones is 1. The highest BCUT2D eigenvalue weighted by Gasteiger charge is 2.18. The molecule has 2 heteroatoms. The Morgan fingerprint density at radius 2 is 1.75 bits per heavy atom. The van der Waals surface area contributed by atoms with E-state index >= 15 is 0 Å². The highest BCUT2D eigenvalue weighted by Crippen LogP contribution is 2.09.